The number of carbonyl (C=O) groups excluding carboxylic acids is 2. The molecule has 1 fully saturated rings. The minimum atomic E-state index is -0.321. The number of amides is 2. The van der Waals surface area contributed by atoms with E-state index in [0.717, 1.165) is 40.5 Å². The zero-order valence-corrected chi connectivity index (χ0v) is 21.9. The summed E-state index contributed by atoms with van der Waals surface area (Å²) >= 11 is 3.50. The molecule has 0 radical (unpaired) electrons. The van der Waals surface area contributed by atoms with E-state index < -0.39 is 0 Å². The van der Waals surface area contributed by atoms with Crippen molar-refractivity contribution in [3.8, 4) is 16.9 Å². The van der Waals surface area contributed by atoms with Gasteiger partial charge in [-0.25, -0.2) is 4.68 Å². The Hall–Kier alpha value is -3.97. The Labute approximate surface area is 224 Å². The molecule has 3 aromatic carbocycles. The zero-order chi connectivity index (χ0) is 25.6. The molecule has 2 amide bonds. The molecule has 0 bridgehead atoms. The van der Waals surface area contributed by atoms with Gasteiger partial charge in [0.25, 0.3) is 11.8 Å². The van der Waals surface area contributed by atoms with Crippen molar-refractivity contribution in [1.82, 2.24) is 20.0 Å². The van der Waals surface area contributed by atoms with Crippen LogP contribution >= 0.6 is 15.9 Å². The van der Waals surface area contributed by atoms with Crippen LogP contribution < -0.4 is 5.32 Å². The Kier molecular flexibility index (Phi) is 7.61. The van der Waals surface area contributed by atoms with Crippen molar-refractivity contribution < 1.29 is 9.59 Å². The molecule has 5 rings (SSSR count). The molecule has 1 N–H and O–H groups in total. The number of nitrogens with one attached hydrogen (secondary N) is 1. The van der Waals surface area contributed by atoms with Gasteiger partial charge < -0.3 is 10.2 Å². The van der Waals surface area contributed by atoms with E-state index in [1.54, 1.807) is 35.0 Å². The van der Waals surface area contributed by atoms with Crippen LogP contribution in [0.15, 0.2) is 101 Å². The largest absolute Gasteiger partial charge is 0.337 e. The smallest absolute Gasteiger partial charge is 0.270 e. The van der Waals surface area contributed by atoms with Gasteiger partial charge in [0, 0.05) is 40.4 Å². The van der Waals surface area contributed by atoms with Crippen molar-refractivity contribution in [2.75, 3.05) is 13.1 Å². The standard InChI is InChI=1S/C30H27BrN4O2/c31-25-16-14-22(15-17-25)28-24(21-35(33-28)26-12-6-2-7-13-26)20-27(30(37)34-18-8-3-9-19-34)32-29(36)23-10-4-1-5-11-23/h1-2,4-7,10-17,20-21H,3,8-9,18-19H2,(H,32,36). The summed E-state index contributed by atoms with van der Waals surface area (Å²) in [5.74, 6) is -0.504. The number of halogens is 1. The Bertz CT molecular complexity index is 1410. The van der Waals surface area contributed by atoms with Crippen LogP contribution in [0, 0.1) is 0 Å². The Morgan fingerprint density at radius 3 is 2.16 bits per heavy atom. The molecule has 37 heavy (non-hydrogen) atoms. The average molecular weight is 555 g/mol. The minimum Gasteiger partial charge on any atom is -0.337 e. The number of benzene rings is 3. The molecule has 1 aliphatic heterocycles. The van der Waals surface area contributed by atoms with Crippen LogP contribution in [0.4, 0.5) is 0 Å². The lowest BCUT2D eigenvalue weighted by molar-refractivity contribution is -0.128. The fourth-order valence-electron chi connectivity index (χ4n) is 4.40. The first-order valence-electron chi connectivity index (χ1n) is 12.4. The SMILES string of the molecule is O=C(NC(=Cc1cn(-c2ccccc2)nc1-c1ccc(Br)cc1)C(=O)N1CCCCC1)c1ccccc1. The second-order valence-electron chi connectivity index (χ2n) is 8.95. The quantitative estimate of drug-likeness (QED) is 0.293. The first kappa shape index (κ1) is 24.7. The topological polar surface area (TPSA) is 67.2 Å². The van der Waals surface area contributed by atoms with Crippen molar-refractivity contribution in [3.63, 3.8) is 0 Å². The lowest BCUT2D eigenvalue weighted by Gasteiger charge is -2.27. The number of nitrogens with zero attached hydrogens (tertiary/aromatic N) is 3. The minimum absolute atomic E-state index is 0.182. The number of aromatic nitrogens is 2. The van der Waals surface area contributed by atoms with E-state index in [1.165, 1.54) is 0 Å². The normalized spacial score (nSPS) is 13.9. The number of hydrogen-bond acceptors (Lipinski definition) is 3. The molecule has 0 spiro atoms. The van der Waals surface area contributed by atoms with Gasteiger partial charge in [0.1, 0.15) is 11.4 Å². The van der Waals surface area contributed by atoms with Crippen molar-refractivity contribution in [2.24, 2.45) is 0 Å². The fourth-order valence-corrected chi connectivity index (χ4v) is 4.66. The molecule has 2 heterocycles. The molecule has 7 heteroatoms. The second-order valence-corrected chi connectivity index (χ2v) is 9.87. The summed E-state index contributed by atoms with van der Waals surface area (Å²) in [4.78, 5) is 28.6. The molecule has 4 aromatic rings. The van der Waals surface area contributed by atoms with E-state index in [1.807, 2.05) is 71.8 Å². The maximum atomic E-state index is 13.6. The summed E-state index contributed by atoms with van der Waals surface area (Å²) in [5, 5.41) is 7.76. The highest BCUT2D eigenvalue weighted by atomic mass is 79.9. The summed E-state index contributed by atoms with van der Waals surface area (Å²) in [7, 11) is 0. The van der Waals surface area contributed by atoms with Gasteiger partial charge in [-0.1, -0.05) is 64.5 Å². The lowest BCUT2D eigenvalue weighted by Crippen LogP contribution is -2.41. The Morgan fingerprint density at radius 2 is 1.49 bits per heavy atom. The van der Waals surface area contributed by atoms with Crippen LogP contribution in [0.1, 0.15) is 35.2 Å². The highest BCUT2D eigenvalue weighted by Crippen LogP contribution is 2.27. The van der Waals surface area contributed by atoms with E-state index in [4.69, 9.17) is 5.10 Å². The van der Waals surface area contributed by atoms with Crippen LogP contribution in [0.3, 0.4) is 0 Å². The molecule has 1 aromatic heterocycles. The van der Waals surface area contributed by atoms with Crippen LogP contribution in [0.25, 0.3) is 23.0 Å². The van der Waals surface area contributed by atoms with Gasteiger partial charge in [0.15, 0.2) is 0 Å². The molecule has 6 nitrogen and oxygen atoms in total. The van der Waals surface area contributed by atoms with E-state index in [9.17, 15) is 9.59 Å². The van der Waals surface area contributed by atoms with Crippen LogP contribution in [0.2, 0.25) is 0 Å². The van der Waals surface area contributed by atoms with Gasteiger partial charge in [-0.05, 0) is 61.7 Å². The lowest BCUT2D eigenvalue weighted by atomic mass is 10.1. The van der Waals surface area contributed by atoms with Gasteiger partial charge in [-0.15, -0.1) is 0 Å². The number of hydrogen-bond donors (Lipinski definition) is 1. The Balaban J connectivity index is 1.59. The number of rotatable bonds is 6. The predicted octanol–water partition coefficient (Wildman–Crippen LogP) is 6.09. The monoisotopic (exact) mass is 554 g/mol. The summed E-state index contributed by atoms with van der Waals surface area (Å²) in [5.41, 5.74) is 3.99. The van der Waals surface area contributed by atoms with Crippen molar-refractivity contribution in [3.05, 3.63) is 112 Å². The predicted molar refractivity (Wildman–Crippen MR) is 149 cm³/mol. The molecule has 0 saturated carbocycles. The average Bonchev–Trinajstić information content (AvgIpc) is 3.38. The molecule has 1 saturated heterocycles. The molecular formula is C30H27BrN4O2. The van der Waals surface area contributed by atoms with Crippen LogP contribution in [0.5, 0.6) is 0 Å². The second kappa shape index (κ2) is 11.4. The fraction of sp³-hybridized carbons (Fsp3) is 0.167. The third kappa shape index (κ3) is 5.89. The summed E-state index contributed by atoms with van der Waals surface area (Å²) < 4.78 is 2.76. The van der Waals surface area contributed by atoms with Gasteiger partial charge in [0.2, 0.25) is 0 Å². The third-order valence-corrected chi connectivity index (χ3v) is 6.87. The number of carbonyl (C=O) groups is 2. The number of piperidine rings is 1. The van der Waals surface area contributed by atoms with Gasteiger partial charge in [-0.2, -0.15) is 5.10 Å². The summed E-state index contributed by atoms with van der Waals surface area (Å²) in [6, 6.07) is 26.6. The Morgan fingerprint density at radius 1 is 0.838 bits per heavy atom. The van der Waals surface area contributed by atoms with Crippen LogP contribution in [-0.2, 0) is 4.79 Å². The summed E-state index contributed by atoms with van der Waals surface area (Å²) in [6.45, 7) is 1.36. The maximum absolute atomic E-state index is 13.6. The van der Waals surface area contributed by atoms with Gasteiger partial charge in [-0.3, -0.25) is 9.59 Å². The van der Waals surface area contributed by atoms with Crippen molar-refractivity contribution in [1.29, 1.82) is 0 Å². The highest BCUT2D eigenvalue weighted by Gasteiger charge is 2.23. The van der Waals surface area contributed by atoms with E-state index in [-0.39, 0.29) is 17.5 Å². The van der Waals surface area contributed by atoms with Crippen LogP contribution in [-0.4, -0.2) is 39.6 Å². The number of para-hydroxylation sites is 1. The number of likely N-dealkylation sites (tertiary alicyclic amines) is 1. The van der Waals surface area contributed by atoms with Crippen molar-refractivity contribution >= 4 is 33.8 Å². The first-order chi connectivity index (χ1) is 18.1. The maximum Gasteiger partial charge on any atom is 0.270 e. The van der Waals surface area contributed by atoms with E-state index in [2.05, 4.69) is 21.2 Å². The zero-order valence-electron chi connectivity index (χ0n) is 20.3. The summed E-state index contributed by atoms with van der Waals surface area (Å²) in [6.07, 6.45) is 6.67. The molecule has 0 aliphatic carbocycles. The van der Waals surface area contributed by atoms with Gasteiger partial charge in [0.05, 0.1) is 5.69 Å². The molecule has 186 valence electrons. The first-order valence-corrected chi connectivity index (χ1v) is 13.2. The van der Waals surface area contributed by atoms with Gasteiger partial charge >= 0.3 is 0 Å². The molecular weight excluding hydrogens is 528 g/mol. The molecule has 0 atom stereocenters. The highest BCUT2D eigenvalue weighted by molar-refractivity contribution is 9.10. The van der Waals surface area contributed by atoms with Crippen molar-refractivity contribution in [2.45, 2.75) is 19.3 Å². The van der Waals surface area contributed by atoms with E-state index in [0.29, 0.717) is 24.3 Å². The third-order valence-electron chi connectivity index (χ3n) is 6.34. The van der Waals surface area contributed by atoms with E-state index >= 15 is 0 Å². The molecule has 0 unspecified atom stereocenters. The molecule has 1 aliphatic rings.